The van der Waals surface area contributed by atoms with Crippen molar-refractivity contribution >= 4 is 23.3 Å². The number of carbonyl (C=O) groups excluding carboxylic acids is 1. The molecule has 1 rings (SSSR count). The highest BCUT2D eigenvalue weighted by Crippen LogP contribution is 2.17. The van der Waals surface area contributed by atoms with E-state index in [0.717, 1.165) is 0 Å². The molecule has 4 heteroatoms. The summed E-state index contributed by atoms with van der Waals surface area (Å²) in [7, 11) is 0. The van der Waals surface area contributed by atoms with Gasteiger partial charge in [0.2, 0.25) is 0 Å². The zero-order chi connectivity index (χ0) is 12.0. The van der Waals surface area contributed by atoms with Crippen LogP contribution in [-0.2, 0) is 9.53 Å². The van der Waals surface area contributed by atoms with E-state index in [-0.39, 0.29) is 12.4 Å². The van der Waals surface area contributed by atoms with Crippen molar-refractivity contribution in [3.05, 3.63) is 28.8 Å². The molecule has 2 N–H and O–H groups in total. The Labute approximate surface area is 99.5 Å². The second-order valence-electron chi connectivity index (χ2n) is 3.02. The number of rotatable bonds is 2. The summed E-state index contributed by atoms with van der Waals surface area (Å²) in [6, 6.07) is 5.05. The van der Waals surface area contributed by atoms with E-state index in [1.807, 2.05) is 0 Å². The Morgan fingerprint density at radius 1 is 1.56 bits per heavy atom. The van der Waals surface area contributed by atoms with Crippen LogP contribution in [-0.4, -0.2) is 12.6 Å². The average molecular weight is 238 g/mol. The topological polar surface area (TPSA) is 52.3 Å². The van der Waals surface area contributed by atoms with Gasteiger partial charge in [-0.2, -0.15) is 0 Å². The number of hydrogen-bond donors (Lipinski definition) is 1. The molecule has 0 saturated carbocycles. The number of benzene rings is 1. The third-order valence-electron chi connectivity index (χ3n) is 1.75. The van der Waals surface area contributed by atoms with Gasteiger partial charge in [-0.25, -0.2) is 0 Å². The minimum atomic E-state index is -0.332. The van der Waals surface area contributed by atoms with Gasteiger partial charge in [-0.15, -0.1) is 0 Å². The number of carbonyl (C=O) groups is 1. The van der Waals surface area contributed by atoms with E-state index in [1.165, 1.54) is 0 Å². The average Bonchev–Trinajstić information content (AvgIpc) is 2.22. The van der Waals surface area contributed by atoms with E-state index in [4.69, 9.17) is 22.1 Å². The van der Waals surface area contributed by atoms with Crippen molar-refractivity contribution in [3.63, 3.8) is 0 Å². The SMILES string of the molecule is CCOC(=O)CC#Cc1ccc(N)cc1Cl. The fourth-order valence-electron chi connectivity index (χ4n) is 1.06. The third-order valence-corrected chi connectivity index (χ3v) is 2.07. The maximum absolute atomic E-state index is 11.0. The van der Waals surface area contributed by atoms with E-state index in [1.54, 1.807) is 25.1 Å². The Kier molecular flexibility index (Phi) is 4.68. The number of nitrogens with two attached hydrogens (primary N) is 1. The summed E-state index contributed by atoms with van der Waals surface area (Å²) in [4.78, 5) is 11.0. The lowest BCUT2D eigenvalue weighted by Crippen LogP contribution is -2.01. The van der Waals surface area contributed by atoms with Gasteiger partial charge < -0.3 is 10.5 Å². The molecule has 1 aromatic rings. The van der Waals surface area contributed by atoms with Crippen molar-refractivity contribution in [2.75, 3.05) is 12.3 Å². The lowest BCUT2D eigenvalue weighted by atomic mass is 10.2. The zero-order valence-electron chi connectivity index (χ0n) is 8.92. The summed E-state index contributed by atoms with van der Waals surface area (Å²) in [5.41, 5.74) is 6.77. The third kappa shape index (κ3) is 3.84. The molecule has 0 heterocycles. The van der Waals surface area contributed by atoms with Gasteiger partial charge in [0, 0.05) is 11.3 Å². The van der Waals surface area contributed by atoms with Gasteiger partial charge in [-0.3, -0.25) is 4.79 Å². The summed E-state index contributed by atoms with van der Waals surface area (Å²) in [5.74, 6) is 5.16. The van der Waals surface area contributed by atoms with Crippen LogP contribution in [0.15, 0.2) is 18.2 Å². The van der Waals surface area contributed by atoms with Gasteiger partial charge >= 0.3 is 5.97 Å². The molecule has 1 aromatic carbocycles. The molecule has 0 fully saturated rings. The Bertz CT molecular complexity index is 446. The normalized spacial score (nSPS) is 9.12. The predicted octanol–water partition coefficient (Wildman–Crippen LogP) is 2.23. The molecule has 0 amide bonds. The first kappa shape index (κ1) is 12.4. The van der Waals surface area contributed by atoms with Crippen LogP contribution in [0.2, 0.25) is 5.02 Å². The number of halogens is 1. The number of anilines is 1. The summed E-state index contributed by atoms with van der Waals surface area (Å²) in [6.45, 7) is 2.12. The molecule has 0 aliphatic rings. The van der Waals surface area contributed by atoms with Crippen molar-refractivity contribution in [1.82, 2.24) is 0 Å². The molecular formula is C12H12ClNO2. The molecule has 0 aromatic heterocycles. The summed E-state index contributed by atoms with van der Waals surface area (Å²) >= 11 is 5.91. The molecule has 0 spiro atoms. The van der Waals surface area contributed by atoms with Crippen LogP contribution in [0.3, 0.4) is 0 Å². The Morgan fingerprint density at radius 2 is 2.31 bits per heavy atom. The molecular weight excluding hydrogens is 226 g/mol. The molecule has 0 radical (unpaired) electrons. The predicted molar refractivity (Wildman–Crippen MR) is 64.0 cm³/mol. The lowest BCUT2D eigenvalue weighted by molar-refractivity contribution is -0.141. The first-order valence-electron chi connectivity index (χ1n) is 4.83. The van der Waals surface area contributed by atoms with Crippen LogP contribution >= 0.6 is 11.6 Å². The molecule has 0 saturated heterocycles. The van der Waals surface area contributed by atoms with Gasteiger partial charge in [0.05, 0.1) is 11.6 Å². The maximum atomic E-state index is 11.0. The smallest absolute Gasteiger partial charge is 0.317 e. The van der Waals surface area contributed by atoms with E-state index in [0.29, 0.717) is 22.9 Å². The number of nitrogen functional groups attached to an aromatic ring is 1. The minimum absolute atomic E-state index is 0.0640. The van der Waals surface area contributed by atoms with Gasteiger partial charge in [0.25, 0.3) is 0 Å². The molecule has 0 aliphatic carbocycles. The first-order valence-corrected chi connectivity index (χ1v) is 5.20. The van der Waals surface area contributed by atoms with E-state index < -0.39 is 0 Å². The minimum Gasteiger partial charge on any atom is -0.465 e. The largest absolute Gasteiger partial charge is 0.465 e. The number of ether oxygens (including phenoxy) is 1. The van der Waals surface area contributed by atoms with Crippen molar-refractivity contribution in [2.45, 2.75) is 13.3 Å². The van der Waals surface area contributed by atoms with Crippen LogP contribution in [0.5, 0.6) is 0 Å². The Hall–Kier alpha value is -1.66. The summed E-state index contributed by atoms with van der Waals surface area (Å²) in [6.07, 6.45) is 0.0640. The van der Waals surface area contributed by atoms with Crippen molar-refractivity contribution in [3.8, 4) is 11.8 Å². The highest BCUT2D eigenvalue weighted by Gasteiger charge is 1.98. The summed E-state index contributed by atoms with van der Waals surface area (Å²) in [5, 5.41) is 0.483. The highest BCUT2D eigenvalue weighted by molar-refractivity contribution is 6.32. The van der Waals surface area contributed by atoms with Crippen molar-refractivity contribution in [1.29, 1.82) is 0 Å². The molecule has 0 bridgehead atoms. The van der Waals surface area contributed by atoms with Gasteiger partial charge in [-0.1, -0.05) is 23.4 Å². The molecule has 0 atom stereocenters. The molecule has 0 unspecified atom stereocenters. The van der Waals surface area contributed by atoms with E-state index in [9.17, 15) is 4.79 Å². The van der Waals surface area contributed by atoms with Crippen LogP contribution < -0.4 is 5.73 Å². The highest BCUT2D eigenvalue weighted by atomic mass is 35.5. The summed E-state index contributed by atoms with van der Waals surface area (Å²) < 4.78 is 4.73. The van der Waals surface area contributed by atoms with E-state index >= 15 is 0 Å². The second kappa shape index (κ2) is 6.04. The lowest BCUT2D eigenvalue weighted by Gasteiger charge is -1.97. The zero-order valence-corrected chi connectivity index (χ0v) is 9.67. The fourth-order valence-corrected chi connectivity index (χ4v) is 1.29. The van der Waals surface area contributed by atoms with Crippen LogP contribution in [0.25, 0.3) is 0 Å². The quantitative estimate of drug-likeness (QED) is 0.488. The van der Waals surface area contributed by atoms with Gasteiger partial charge in [-0.05, 0) is 25.1 Å². The number of hydrogen-bond acceptors (Lipinski definition) is 3. The molecule has 0 aliphatic heterocycles. The van der Waals surface area contributed by atoms with Crippen LogP contribution in [0.1, 0.15) is 18.9 Å². The fraction of sp³-hybridized carbons (Fsp3) is 0.250. The molecule has 16 heavy (non-hydrogen) atoms. The van der Waals surface area contributed by atoms with Gasteiger partial charge in [0.1, 0.15) is 6.42 Å². The standard InChI is InChI=1S/C12H12ClNO2/c1-2-16-12(15)5-3-4-9-6-7-10(14)8-11(9)13/h6-8H,2,5,14H2,1H3. The number of esters is 1. The monoisotopic (exact) mass is 237 g/mol. The molecule has 84 valence electrons. The van der Waals surface area contributed by atoms with E-state index in [2.05, 4.69) is 11.8 Å². The van der Waals surface area contributed by atoms with Crippen molar-refractivity contribution in [2.24, 2.45) is 0 Å². The Balaban J connectivity index is 2.66. The van der Waals surface area contributed by atoms with Gasteiger partial charge in [0.15, 0.2) is 0 Å². The second-order valence-corrected chi connectivity index (χ2v) is 3.43. The molecule has 3 nitrogen and oxygen atoms in total. The van der Waals surface area contributed by atoms with Crippen LogP contribution in [0, 0.1) is 11.8 Å². The maximum Gasteiger partial charge on any atom is 0.317 e. The Morgan fingerprint density at radius 3 is 2.94 bits per heavy atom. The first-order chi connectivity index (χ1) is 7.63. The van der Waals surface area contributed by atoms with Crippen LogP contribution in [0.4, 0.5) is 5.69 Å². The van der Waals surface area contributed by atoms with Crippen molar-refractivity contribution < 1.29 is 9.53 Å².